The Morgan fingerprint density at radius 2 is 2.00 bits per heavy atom. The zero-order valence-corrected chi connectivity index (χ0v) is 7.49. The molecule has 1 radical (unpaired) electrons. The van der Waals surface area contributed by atoms with Gasteiger partial charge in [-0.2, -0.15) is 0 Å². The Bertz CT molecular complexity index is 193. The third-order valence-electron chi connectivity index (χ3n) is 1.66. The predicted molar refractivity (Wildman–Crippen MR) is 50.9 cm³/mol. The molecule has 0 spiro atoms. The molecule has 0 saturated heterocycles. The minimum absolute atomic E-state index is 0.755. The van der Waals surface area contributed by atoms with Gasteiger partial charge >= 0.3 is 0 Å². The highest BCUT2D eigenvalue weighted by Crippen LogP contribution is 2.01. The maximum Gasteiger partial charge on any atom is 0.0500 e. The van der Waals surface area contributed by atoms with Gasteiger partial charge < -0.3 is 4.74 Å². The summed E-state index contributed by atoms with van der Waals surface area (Å²) in [4.78, 5) is 0. The van der Waals surface area contributed by atoms with E-state index in [0.717, 1.165) is 19.6 Å². The van der Waals surface area contributed by atoms with Crippen molar-refractivity contribution in [1.82, 2.24) is 0 Å². The fourth-order valence-corrected chi connectivity index (χ4v) is 1.04. The van der Waals surface area contributed by atoms with Crippen LogP contribution in [0.5, 0.6) is 0 Å². The summed E-state index contributed by atoms with van der Waals surface area (Å²) in [6, 6.07) is 10.4. The molecule has 0 fully saturated rings. The second kappa shape index (κ2) is 5.78. The first-order valence-electron chi connectivity index (χ1n) is 4.37. The molecule has 12 heavy (non-hydrogen) atoms. The minimum atomic E-state index is 0.755. The molecular formula is C11H15O. The molecule has 0 unspecified atom stereocenters. The molecule has 1 nitrogen and oxygen atoms in total. The van der Waals surface area contributed by atoms with Gasteiger partial charge in [-0.05, 0) is 25.3 Å². The second-order valence-electron chi connectivity index (χ2n) is 2.64. The Morgan fingerprint density at radius 3 is 2.67 bits per heavy atom. The van der Waals surface area contributed by atoms with Gasteiger partial charge in [0.1, 0.15) is 0 Å². The zero-order chi connectivity index (χ0) is 8.65. The summed E-state index contributed by atoms with van der Waals surface area (Å²) in [5, 5.41) is 0. The molecule has 1 rings (SSSR count). The van der Waals surface area contributed by atoms with Crippen LogP contribution in [0, 0.1) is 6.42 Å². The van der Waals surface area contributed by atoms with Crippen molar-refractivity contribution in [2.45, 2.75) is 13.3 Å². The second-order valence-corrected chi connectivity index (χ2v) is 2.64. The van der Waals surface area contributed by atoms with Crippen LogP contribution in [-0.4, -0.2) is 13.2 Å². The number of hydrogen-bond acceptors (Lipinski definition) is 1. The van der Waals surface area contributed by atoms with Gasteiger partial charge in [0, 0.05) is 6.61 Å². The van der Waals surface area contributed by atoms with Gasteiger partial charge in [0.25, 0.3) is 0 Å². The SMILES string of the molecule is CCOC[CH]Cc1ccccc1. The summed E-state index contributed by atoms with van der Waals surface area (Å²) in [5.74, 6) is 0. The molecule has 65 valence electrons. The maximum absolute atomic E-state index is 5.20. The molecule has 0 heterocycles. The molecule has 1 aromatic rings. The average molecular weight is 163 g/mol. The molecule has 1 heteroatoms. The first-order chi connectivity index (χ1) is 5.93. The van der Waals surface area contributed by atoms with Crippen molar-refractivity contribution in [3.63, 3.8) is 0 Å². The summed E-state index contributed by atoms with van der Waals surface area (Å²) in [7, 11) is 0. The molecule has 0 N–H and O–H groups in total. The highest BCUT2D eigenvalue weighted by molar-refractivity contribution is 5.16. The molecule has 0 aliphatic rings. The lowest BCUT2D eigenvalue weighted by Gasteiger charge is -2.00. The van der Waals surface area contributed by atoms with Crippen molar-refractivity contribution in [2.75, 3.05) is 13.2 Å². The predicted octanol–water partition coefficient (Wildman–Crippen LogP) is 2.47. The van der Waals surface area contributed by atoms with E-state index in [4.69, 9.17) is 4.74 Å². The topological polar surface area (TPSA) is 9.23 Å². The summed E-state index contributed by atoms with van der Waals surface area (Å²) in [5.41, 5.74) is 1.34. The third-order valence-corrected chi connectivity index (χ3v) is 1.66. The lowest BCUT2D eigenvalue weighted by Crippen LogP contribution is -1.96. The molecule has 0 atom stereocenters. The van der Waals surface area contributed by atoms with E-state index in [1.54, 1.807) is 0 Å². The quantitative estimate of drug-likeness (QED) is 0.606. The number of benzene rings is 1. The molecule has 0 aliphatic heterocycles. The van der Waals surface area contributed by atoms with Gasteiger partial charge in [-0.25, -0.2) is 0 Å². The van der Waals surface area contributed by atoms with Crippen LogP contribution in [0.2, 0.25) is 0 Å². The van der Waals surface area contributed by atoms with Crippen LogP contribution in [0.1, 0.15) is 12.5 Å². The van der Waals surface area contributed by atoms with Gasteiger partial charge in [-0.15, -0.1) is 0 Å². The van der Waals surface area contributed by atoms with Gasteiger partial charge in [0.2, 0.25) is 0 Å². The molecule has 0 aromatic heterocycles. The molecule has 0 bridgehead atoms. The highest BCUT2D eigenvalue weighted by atomic mass is 16.5. The summed E-state index contributed by atoms with van der Waals surface area (Å²) in [6.45, 7) is 3.56. The monoisotopic (exact) mass is 163 g/mol. The number of rotatable bonds is 5. The van der Waals surface area contributed by atoms with Crippen LogP contribution in [0.3, 0.4) is 0 Å². The number of ether oxygens (including phenoxy) is 1. The van der Waals surface area contributed by atoms with Crippen molar-refractivity contribution >= 4 is 0 Å². The van der Waals surface area contributed by atoms with E-state index in [2.05, 4.69) is 30.7 Å². The van der Waals surface area contributed by atoms with Crippen molar-refractivity contribution in [3.8, 4) is 0 Å². The van der Waals surface area contributed by atoms with Gasteiger partial charge in [-0.1, -0.05) is 30.3 Å². The Kier molecular flexibility index (Phi) is 4.47. The van der Waals surface area contributed by atoms with Crippen LogP contribution in [0.15, 0.2) is 30.3 Å². The third kappa shape index (κ3) is 3.54. The summed E-state index contributed by atoms with van der Waals surface area (Å²) in [6.07, 6.45) is 3.15. The Balaban J connectivity index is 2.16. The molecular weight excluding hydrogens is 148 g/mol. The zero-order valence-electron chi connectivity index (χ0n) is 7.49. The minimum Gasteiger partial charge on any atom is -0.381 e. The van der Waals surface area contributed by atoms with Crippen molar-refractivity contribution in [1.29, 1.82) is 0 Å². The number of hydrogen-bond donors (Lipinski definition) is 0. The van der Waals surface area contributed by atoms with Crippen LogP contribution in [0.25, 0.3) is 0 Å². The van der Waals surface area contributed by atoms with Crippen LogP contribution >= 0.6 is 0 Å². The van der Waals surface area contributed by atoms with E-state index >= 15 is 0 Å². The Labute approximate surface area is 74.4 Å². The first kappa shape index (κ1) is 9.27. The van der Waals surface area contributed by atoms with E-state index in [0.29, 0.717) is 0 Å². The molecule has 0 amide bonds. The van der Waals surface area contributed by atoms with E-state index in [1.807, 2.05) is 13.0 Å². The van der Waals surface area contributed by atoms with Crippen LogP contribution in [0.4, 0.5) is 0 Å². The first-order valence-corrected chi connectivity index (χ1v) is 4.37. The largest absolute Gasteiger partial charge is 0.381 e. The van der Waals surface area contributed by atoms with Gasteiger partial charge in [0.05, 0.1) is 6.61 Å². The van der Waals surface area contributed by atoms with Gasteiger partial charge in [0.15, 0.2) is 0 Å². The van der Waals surface area contributed by atoms with Crippen molar-refractivity contribution in [3.05, 3.63) is 42.3 Å². The molecule has 0 saturated carbocycles. The van der Waals surface area contributed by atoms with Crippen molar-refractivity contribution in [2.24, 2.45) is 0 Å². The fraction of sp³-hybridized carbons (Fsp3) is 0.364. The smallest absolute Gasteiger partial charge is 0.0500 e. The highest BCUT2D eigenvalue weighted by Gasteiger charge is 1.90. The molecule has 1 aromatic carbocycles. The lowest BCUT2D eigenvalue weighted by molar-refractivity contribution is 0.167. The summed E-state index contributed by atoms with van der Waals surface area (Å²) < 4.78 is 5.20. The Morgan fingerprint density at radius 1 is 1.25 bits per heavy atom. The maximum atomic E-state index is 5.20. The standard InChI is InChI=1S/C11H15O/c1-2-12-10-6-9-11-7-4-3-5-8-11/h3-8H,2,9-10H2,1H3. The van der Waals surface area contributed by atoms with Crippen LogP contribution < -0.4 is 0 Å². The van der Waals surface area contributed by atoms with Crippen molar-refractivity contribution < 1.29 is 4.74 Å². The normalized spacial score (nSPS) is 10.1. The van der Waals surface area contributed by atoms with E-state index in [-0.39, 0.29) is 0 Å². The van der Waals surface area contributed by atoms with Crippen LogP contribution in [-0.2, 0) is 11.2 Å². The van der Waals surface area contributed by atoms with E-state index in [1.165, 1.54) is 5.56 Å². The lowest BCUT2D eigenvalue weighted by atomic mass is 10.1. The van der Waals surface area contributed by atoms with Gasteiger partial charge in [-0.3, -0.25) is 0 Å². The van der Waals surface area contributed by atoms with E-state index < -0.39 is 0 Å². The average Bonchev–Trinajstić information content (AvgIpc) is 2.14. The Hall–Kier alpha value is -0.820. The molecule has 0 aliphatic carbocycles. The summed E-state index contributed by atoms with van der Waals surface area (Å²) >= 11 is 0. The fourth-order valence-electron chi connectivity index (χ4n) is 1.04. The van der Waals surface area contributed by atoms with E-state index in [9.17, 15) is 0 Å².